The first kappa shape index (κ1) is 18.6. The minimum atomic E-state index is 0.0843. The zero-order chi connectivity index (χ0) is 19.1. The van der Waals surface area contributed by atoms with Gasteiger partial charge < -0.3 is 9.64 Å². The van der Waals surface area contributed by atoms with Gasteiger partial charge in [-0.25, -0.2) is 0 Å². The maximum Gasteiger partial charge on any atom is 0.226 e. The highest BCUT2D eigenvalue weighted by molar-refractivity contribution is 5.78. The molecular weight excluding hydrogens is 342 g/mol. The highest BCUT2D eigenvalue weighted by Crippen LogP contribution is 2.11. The average molecular weight is 365 g/mol. The second kappa shape index (κ2) is 8.93. The van der Waals surface area contributed by atoms with Gasteiger partial charge in [0.15, 0.2) is 5.82 Å². The van der Waals surface area contributed by atoms with Crippen molar-refractivity contribution in [3.8, 4) is 11.4 Å². The molecule has 0 saturated carbocycles. The van der Waals surface area contributed by atoms with E-state index in [1.54, 1.807) is 9.58 Å². The largest absolute Gasteiger partial charge is 0.494 e. The predicted molar refractivity (Wildman–Crippen MR) is 102 cm³/mol. The molecule has 1 aromatic heterocycles. The Balaban J connectivity index is 1.44. The van der Waals surface area contributed by atoms with Crippen molar-refractivity contribution < 1.29 is 9.53 Å². The van der Waals surface area contributed by atoms with Crippen LogP contribution in [0, 0.1) is 6.92 Å². The summed E-state index contributed by atoms with van der Waals surface area (Å²) in [5.41, 5.74) is 1.84. The lowest BCUT2D eigenvalue weighted by Gasteiger charge is -2.17. The molecule has 0 atom stereocenters. The normalized spacial score (nSPS) is 10.6. The van der Waals surface area contributed by atoms with Gasteiger partial charge in [-0.1, -0.05) is 30.3 Å². The molecule has 3 rings (SSSR count). The van der Waals surface area contributed by atoms with Crippen LogP contribution in [0.15, 0.2) is 54.6 Å². The summed E-state index contributed by atoms with van der Waals surface area (Å²) in [6.45, 7) is 3.09. The number of para-hydroxylation sites is 1. The van der Waals surface area contributed by atoms with Gasteiger partial charge in [0.2, 0.25) is 5.91 Å². The number of carbonyl (C=O) groups excluding carboxylic acids is 1. The summed E-state index contributed by atoms with van der Waals surface area (Å²) in [5, 5.41) is 11.4. The summed E-state index contributed by atoms with van der Waals surface area (Å²) >= 11 is 0. The number of aryl methyl sites for hydroxylation is 1. The van der Waals surface area contributed by atoms with Crippen molar-refractivity contribution in [1.82, 2.24) is 25.1 Å². The maximum atomic E-state index is 12.4. The molecule has 0 N–H and O–H groups in total. The molecule has 0 fully saturated rings. The molecule has 1 amide bonds. The summed E-state index contributed by atoms with van der Waals surface area (Å²) in [6.07, 6.45) is 1.15. The van der Waals surface area contributed by atoms with Gasteiger partial charge in [-0.3, -0.25) is 4.79 Å². The van der Waals surface area contributed by atoms with Gasteiger partial charge in [-0.05, 0) is 53.6 Å². The van der Waals surface area contributed by atoms with E-state index >= 15 is 0 Å². The SMILES string of the molecule is Cc1nnnn1-c1ccc(CC(=O)N(C)CCCOc2ccccc2)cc1. The van der Waals surface area contributed by atoms with Crippen molar-refractivity contribution in [2.24, 2.45) is 0 Å². The second-order valence-electron chi connectivity index (χ2n) is 6.31. The molecule has 0 aliphatic heterocycles. The van der Waals surface area contributed by atoms with E-state index in [1.807, 2.05) is 68.6 Å². The van der Waals surface area contributed by atoms with E-state index in [4.69, 9.17) is 4.74 Å². The molecule has 0 unspecified atom stereocenters. The molecule has 0 spiro atoms. The number of carbonyl (C=O) groups is 1. The molecular formula is C20H23N5O2. The molecule has 3 aromatic rings. The Labute approximate surface area is 158 Å². The zero-order valence-corrected chi connectivity index (χ0v) is 15.6. The van der Waals surface area contributed by atoms with E-state index in [0.717, 1.165) is 29.2 Å². The number of aromatic nitrogens is 4. The highest BCUT2D eigenvalue weighted by Gasteiger charge is 2.10. The summed E-state index contributed by atoms with van der Waals surface area (Å²) in [6, 6.07) is 17.4. The number of tetrazole rings is 1. The fourth-order valence-corrected chi connectivity index (χ4v) is 2.67. The molecule has 0 saturated heterocycles. The average Bonchev–Trinajstić information content (AvgIpc) is 3.12. The fraction of sp³-hybridized carbons (Fsp3) is 0.300. The molecule has 0 aliphatic rings. The summed E-state index contributed by atoms with van der Waals surface area (Å²) in [4.78, 5) is 14.1. The van der Waals surface area contributed by atoms with Gasteiger partial charge in [0.1, 0.15) is 5.75 Å². The van der Waals surface area contributed by atoms with Crippen LogP contribution < -0.4 is 4.74 Å². The van der Waals surface area contributed by atoms with Crippen LogP contribution in [0.25, 0.3) is 5.69 Å². The topological polar surface area (TPSA) is 73.1 Å². The third-order valence-corrected chi connectivity index (χ3v) is 4.24. The second-order valence-corrected chi connectivity index (χ2v) is 6.31. The van der Waals surface area contributed by atoms with Gasteiger partial charge >= 0.3 is 0 Å². The number of amides is 1. The van der Waals surface area contributed by atoms with Crippen LogP contribution in [0.4, 0.5) is 0 Å². The fourth-order valence-electron chi connectivity index (χ4n) is 2.67. The molecule has 0 aliphatic carbocycles. The Morgan fingerprint density at radius 2 is 1.85 bits per heavy atom. The first-order valence-electron chi connectivity index (χ1n) is 8.89. The monoisotopic (exact) mass is 365 g/mol. The lowest BCUT2D eigenvalue weighted by atomic mass is 10.1. The smallest absolute Gasteiger partial charge is 0.226 e. The number of ether oxygens (including phenoxy) is 1. The summed E-state index contributed by atoms with van der Waals surface area (Å²) in [7, 11) is 1.82. The Kier molecular flexibility index (Phi) is 6.14. The number of likely N-dealkylation sites (N-methyl/N-ethyl adjacent to an activating group) is 1. The van der Waals surface area contributed by atoms with Crippen molar-refractivity contribution in [3.63, 3.8) is 0 Å². The molecule has 1 heterocycles. The van der Waals surface area contributed by atoms with E-state index < -0.39 is 0 Å². The maximum absolute atomic E-state index is 12.4. The van der Waals surface area contributed by atoms with E-state index in [9.17, 15) is 4.79 Å². The summed E-state index contributed by atoms with van der Waals surface area (Å²) < 4.78 is 7.31. The zero-order valence-electron chi connectivity index (χ0n) is 15.6. The third kappa shape index (κ3) is 5.13. The molecule has 7 heteroatoms. The Hall–Kier alpha value is -3.22. The van der Waals surface area contributed by atoms with Crippen LogP contribution in [0.5, 0.6) is 5.75 Å². The third-order valence-electron chi connectivity index (χ3n) is 4.24. The van der Waals surface area contributed by atoms with Gasteiger partial charge in [0.25, 0.3) is 0 Å². The van der Waals surface area contributed by atoms with Crippen molar-refractivity contribution in [1.29, 1.82) is 0 Å². The van der Waals surface area contributed by atoms with Crippen molar-refractivity contribution in [3.05, 3.63) is 66.0 Å². The Bertz CT molecular complexity index is 862. The lowest BCUT2D eigenvalue weighted by molar-refractivity contribution is -0.129. The van der Waals surface area contributed by atoms with Gasteiger partial charge in [-0.15, -0.1) is 5.10 Å². The quantitative estimate of drug-likeness (QED) is 0.573. The molecule has 27 heavy (non-hydrogen) atoms. The van der Waals surface area contributed by atoms with Crippen molar-refractivity contribution >= 4 is 5.91 Å². The van der Waals surface area contributed by atoms with Crippen LogP contribution >= 0.6 is 0 Å². The minimum absolute atomic E-state index is 0.0843. The van der Waals surface area contributed by atoms with Gasteiger partial charge in [-0.2, -0.15) is 4.68 Å². The minimum Gasteiger partial charge on any atom is -0.494 e. The molecule has 140 valence electrons. The number of benzene rings is 2. The van der Waals surface area contributed by atoms with Crippen molar-refractivity contribution in [2.45, 2.75) is 19.8 Å². The number of hydrogen-bond acceptors (Lipinski definition) is 5. The first-order valence-corrected chi connectivity index (χ1v) is 8.89. The summed E-state index contributed by atoms with van der Waals surface area (Å²) in [5.74, 6) is 1.65. The van der Waals surface area contributed by atoms with E-state index in [-0.39, 0.29) is 5.91 Å². The standard InChI is InChI=1S/C20H23N5O2/c1-16-21-22-23-25(16)18-11-9-17(10-12-18)15-20(26)24(2)13-6-14-27-19-7-4-3-5-8-19/h3-5,7-12H,6,13-15H2,1-2H3. The van der Waals surface area contributed by atoms with Gasteiger partial charge in [0, 0.05) is 13.6 Å². The number of hydrogen-bond donors (Lipinski definition) is 0. The van der Waals surface area contributed by atoms with Crippen LogP contribution in [0.3, 0.4) is 0 Å². The van der Waals surface area contributed by atoms with Crippen LogP contribution in [0.2, 0.25) is 0 Å². The Morgan fingerprint density at radius 3 is 2.52 bits per heavy atom. The molecule has 0 bridgehead atoms. The molecule has 0 radical (unpaired) electrons. The van der Waals surface area contributed by atoms with Gasteiger partial charge in [0.05, 0.1) is 18.7 Å². The van der Waals surface area contributed by atoms with Crippen molar-refractivity contribution in [2.75, 3.05) is 20.2 Å². The van der Waals surface area contributed by atoms with E-state index in [0.29, 0.717) is 19.6 Å². The van der Waals surface area contributed by atoms with E-state index in [2.05, 4.69) is 15.5 Å². The van der Waals surface area contributed by atoms with E-state index in [1.165, 1.54) is 0 Å². The first-order chi connectivity index (χ1) is 13.1. The van der Waals surface area contributed by atoms with Crippen LogP contribution in [-0.4, -0.2) is 51.2 Å². The number of nitrogens with zero attached hydrogens (tertiary/aromatic N) is 5. The Morgan fingerprint density at radius 1 is 1.11 bits per heavy atom. The predicted octanol–water partition coefficient (Wildman–Crippen LogP) is 2.44. The molecule has 7 nitrogen and oxygen atoms in total. The lowest BCUT2D eigenvalue weighted by Crippen LogP contribution is -2.30. The number of rotatable bonds is 8. The van der Waals surface area contributed by atoms with Crippen LogP contribution in [-0.2, 0) is 11.2 Å². The van der Waals surface area contributed by atoms with Crippen LogP contribution in [0.1, 0.15) is 17.8 Å². The highest BCUT2D eigenvalue weighted by atomic mass is 16.5. The molecule has 2 aromatic carbocycles.